The largest absolute Gasteiger partial charge is 0.505 e. The monoisotopic (exact) mass is 534 g/mol. The van der Waals surface area contributed by atoms with E-state index in [0.29, 0.717) is 54.6 Å². The number of imidazole rings is 1. The van der Waals surface area contributed by atoms with Gasteiger partial charge in [0.1, 0.15) is 11.3 Å². The number of fused-ring (bicyclic) bond motifs is 1. The zero-order valence-corrected chi connectivity index (χ0v) is 23.7. The number of aliphatic hydroxyl groups is 1. The summed E-state index contributed by atoms with van der Waals surface area (Å²) in [4.78, 5) is 35.1. The van der Waals surface area contributed by atoms with Crippen LogP contribution in [0, 0.1) is 13.8 Å². The molecule has 0 bridgehead atoms. The van der Waals surface area contributed by atoms with Crippen LogP contribution in [0.2, 0.25) is 0 Å². The number of hydrogen-bond acceptors (Lipinski definition) is 7. The average Bonchev–Trinajstić information content (AvgIpc) is 3.38. The van der Waals surface area contributed by atoms with Crippen molar-refractivity contribution in [1.29, 1.82) is 0 Å². The van der Waals surface area contributed by atoms with Gasteiger partial charge in [-0.2, -0.15) is 0 Å². The SMILES string of the molecule is CCCOc1ccc(C2/C(=C(\O)c3nc4c(C)cccn4c3C)C(=O)C(=O)N2CCCN(C)C)cc1OCC. The number of benzene rings is 1. The molecule has 1 aliphatic heterocycles. The van der Waals surface area contributed by atoms with E-state index in [2.05, 4.69) is 4.98 Å². The first-order valence-corrected chi connectivity index (χ1v) is 13.5. The highest BCUT2D eigenvalue weighted by molar-refractivity contribution is 6.46. The molecule has 1 fully saturated rings. The van der Waals surface area contributed by atoms with Gasteiger partial charge in [0.2, 0.25) is 0 Å². The molecule has 3 aromatic rings. The minimum atomic E-state index is -0.795. The van der Waals surface area contributed by atoms with Crippen LogP contribution < -0.4 is 9.47 Å². The van der Waals surface area contributed by atoms with Crippen molar-refractivity contribution in [3.05, 3.63) is 64.6 Å². The highest BCUT2D eigenvalue weighted by Gasteiger charge is 2.46. The predicted octanol–water partition coefficient (Wildman–Crippen LogP) is 4.51. The molecule has 9 nitrogen and oxygen atoms in total. The van der Waals surface area contributed by atoms with Crippen LogP contribution in [0.1, 0.15) is 55.2 Å². The first kappa shape index (κ1) is 28.2. The summed E-state index contributed by atoms with van der Waals surface area (Å²) in [6, 6.07) is 8.48. The minimum absolute atomic E-state index is 0.0266. The van der Waals surface area contributed by atoms with Crippen LogP contribution in [0.3, 0.4) is 0 Å². The Morgan fingerprint density at radius 2 is 1.87 bits per heavy atom. The number of aromatic nitrogens is 2. The van der Waals surface area contributed by atoms with Gasteiger partial charge in [0, 0.05) is 12.7 Å². The molecule has 2 aromatic heterocycles. The van der Waals surface area contributed by atoms with E-state index in [-0.39, 0.29) is 17.0 Å². The number of Topliss-reactive ketones (excluding diaryl/α,β-unsaturated/α-hetero) is 1. The highest BCUT2D eigenvalue weighted by atomic mass is 16.5. The molecular weight excluding hydrogens is 496 g/mol. The first-order chi connectivity index (χ1) is 18.7. The summed E-state index contributed by atoms with van der Waals surface area (Å²) in [7, 11) is 3.92. The van der Waals surface area contributed by atoms with E-state index in [1.54, 1.807) is 17.0 Å². The number of amides is 1. The van der Waals surface area contributed by atoms with E-state index in [1.165, 1.54) is 0 Å². The molecule has 1 aromatic carbocycles. The van der Waals surface area contributed by atoms with Crippen molar-refractivity contribution < 1.29 is 24.2 Å². The maximum Gasteiger partial charge on any atom is 0.295 e. The van der Waals surface area contributed by atoms with Gasteiger partial charge in [-0.25, -0.2) is 4.98 Å². The lowest BCUT2D eigenvalue weighted by molar-refractivity contribution is -0.139. The summed E-state index contributed by atoms with van der Waals surface area (Å²) < 4.78 is 13.6. The van der Waals surface area contributed by atoms with Gasteiger partial charge in [0.05, 0.1) is 30.5 Å². The van der Waals surface area contributed by atoms with Gasteiger partial charge >= 0.3 is 0 Å². The molecule has 0 radical (unpaired) electrons. The quantitative estimate of drug-likeness (QED) is 0.220. The topological polar surface area (TPSA) is 96.6 Å². The number of ketones is 1. The Morgan fingerprint density at radius 1 is 1.10 bits per heavy atom. The van der Waals surface area contributed by atoms with Crippen molar-refractivity contribution >= 4 is 23.1 Å². The van der Waals surface area contributed by atoms with Gasteiger partial charge in [-0.05, 0) is 83.6 Å². The third-order valence-corrected chi connectivity index (χ3v) is 6.90. The number of aliphatic hydroxyl groups excluding tert-OH is 1. The number of rotatable bonds is 11. The predicted molar refractivity (Wildman–Crippen MR) is 150 cm³/mol. The zero-order valence-electron chi connectivity index (χ0n) is 23.7. The zero-order chi connectivity index (χ0) is 28.3. The molecule has 208 valence electrons. The molecule has 1 amide bonds. The van der Waals surface area contributed by atoms with Crippen molar-refractivity contribution in [3.8, 4) is 11.5 Å². The van der Waals surface area contributed by atoms with Gasteiger partial charge in [-0.1, -0.05) is 19.1 Å². The Balaban J connectivity index is 1.88. The van der Waals surface area contributed by atoms with Crippen molar-refractivity contribution in [2.75, 3.05) is 40.4 Å². The van der Waals surface area contributed by atoms with Crippen molar-refractivity contribution in [1.82, 2.24) is 19.2 Å². The van der Waals surface area contributed by atoms with Gasteiger partial charge in [0.15, 0.2) is 17.3 Å². The molecule has 1 N–H and O–H groups in total. The standard InChI is InChI=1S/C30H38N4O5/c1-7-17-39-22-13-12-21(18-23(22)38-8-2)26-24(28(36)30(37)34(26)16-10-14-32(5)6)27(35)25-20(4)33-15-9-11-19(3)29(33)31-25/h9,11-13,15,18,26,35H,7-8,10,14,16-17H2,1-6H3/b27-24+. The summed E-state index contributed by atoms with van der Waals surface area (Å²) in [5.41, 5.74) is 3.27. The molecule has 1 unspecified atom stereocenters. The molecule has 39 heavy (non-hydrogen) atoms. The third-order valence-electron chi connectivity index (χ3n) is 6.90. The van der Waals surface area contributed by atoms with Crippen LogP contribution >= 0.6 is 0 Å². The molecule has 0 spiro atoms. The summed E-state index contributed by atoms with van der Waals surface area (Å²) in [6.45, 7) is 9.75. The number of pyridine rings is 1. The van der Waals surface area contributed by atoms with E-state index in [1.807, 2.05) is 75.5 Å². The van der Waals surface area contributed by atoms with Crippen molar-refractivity contribution in [2.24, 2.45) is 0 Å². The lowest BCUT2D eigenvalue weighted by atomic mass is 9.96. The van der Waals surface area contributed by atoms with Crippen LogP contribution in [0.25, 0.3) is 11.4 Å². The maximum absolute atomic E-state index is 13.5. The fourth-order valence-electron chi connectivity index (χ4n) is 4.98. The second-order valence-electron chi connectivity index (χ2n) is 10.1. The van der Waals surface area contributed by atoms with Gasteiger partial charge < -0.3 is 28.8 Å². The van der Waals surface area contributed by atoms with Crippen LogP contribution in [0.15, 0.2) is 42.1 Å². The Morgan fingerprint density at radius 3 is 2.54 bits per heavy atom. The van der Waals surface area contributed by atoms with E-state index in [0.717, 1.165) is 18.5 Å². The second-order valence-corrected chi connectivity index (χ2v) is 10.1. The Kier molecular flexibility index (Phi) is 8.60. The van der Waals surface area contributed by atoms with Crippen molar-refractivity contribution in [2.45, 2.75) is 46.6 Å². The number of carbonyl (C=O) groups is 2. The van der Waals surface area contributed by atoms with Crippen molar-refractivity contribution in [3.63, 3.8) is 0 Å². The molecule has 1 aliphatic rings. The lowest BCUT2D eigenvalue weighted by Crippen LogP contribution is -2.32. The summed E-state index contributed by atoms with van der Waals surface area (Å²) in [6.07, 6.45) is 3.37. The number of carbonyl (C=O) groups excluding carboxylic acids is 2. The van der Waals surface area contributed by atoms with Crippen LogP contribution in [0.5, 0.6) is 11.5 Å². The number of ether oxygens (including phenoxy) is 2. The fraction of sp³-hybridized carbons (Fsp3) is 0.433. The normalized spacial score (nSPS) is 17.0. The molecule has 0 aliphatic carbocycles. The summed E-state index contributed by atoms with van der Waals surface area (Å²) >= 11 is 0. The molecule has 1 saturated heterocycles. The number of aryl methyl sites for hydroxylation is 2. The molecule has 0 saturated carbocycles. The number of likely N-dealkylation sites (tertiary alicyclic amines) is 1. The van der Waals surface area contributed by atoms with E-state index in [9.17, 15) is 14.7 Å². The lowest BCUT2D eigenvalue weighted by Gasteiger charge is -2.26. The number of hydrogen-bond donors (Lipinski definition) is 1. The van der Waals surface area contributed by atoms with Crippen LogP contribution in [-0.4, -0.2) is 76.4 Å². The average molecular weight is 535 g/mol. The smallest absolute Gasteiger partial charge is 0.295 e. The van der Waals surface area contributed by atoms with E-state index < -0.39 is 17.7 Å². The summed E-state index contributed by atoms with van der Waals surface area (Å²) in [5, 5.41) is 11.6. The van der Waals surface area contributed by atoms with Gasteiger partial charge in [0.25, 0.3) is 11.7 Å². The Bertz CT molecular complexity index is 1410. The van der Waals surface area contributed by atoms with E-state index in [4.69, 9.17) is 9.47 Å². The molecular formula is C30H38N4O5. The summed E-state index contributed by atoms with van der Waals surface area (Å²) in [5.74, 6) is -0.513. The molecule has 9 heteroatoms. The van der Waals surface area contributed by atoms with Crippen LogP contribution in [-0.2, 0) is 9.59 Å². The number of nitrogens with zero attached hydrogens (tertiary/aromatic N) is 4. The molecule has 1 atom stereocenters. The first-order valence-electron chi connectivity index (χ1n) is 13.5. The molecule has 4 rings (SSSR count). The minimum Gasteiger partial charge on any atom is -0.505 e. The van der Waals surface area contributed by atoms with Crippen LogP contribution in [0.4, 0.5) is 0 Å². The maximum atomic E-state index is 13.5. The van der Waals surface area contributed by atoms with Gasteiger partial charge in [-0.15, -0.1) is 0 Å². The second kappa shape index (κ2) is 11.9. The fourth-order valence-corrected chi connectivity index (χ4v) is 4.98. The Labute approximate surface area is 229 Å². The Hall–Kier alpha value is -3.85. The molecule has 3 heterocycles. The third kappa shape index (κ3) is 5.49. The van der Waals surface area contributed by atoms with Gasteiger partial charge in [-0.3, -0.25) is 9.59 Å². The highest BCUT2D eigenvalue weighted by Crippen LogP contribution is 2.42. The van der Waals surface area contributed by atoms with E-state index >= 15 is 0 Å².